The summed E-state index contributed by atoms with van der Waals surface area (Å²) in [6.45, 7) is 6.09. The van der Waals surface area contributed by atoms with Gasteiger partial charge in [-0.05, 0) is 62.1 Å². The minimum atomic E-state index is -3.26. The Kier molecular flexibility index (Phi) is 8.95. The van der Waals surface area contributed by atoms with Gasteiger partial charge in [-0.3, -0.25) is 4.99 Å². The molecule has 0 spiro atoms. The minimum absolute atomic E-state index is 0.145. The summed E-state index contributed by atoms with van der Waals surface area (Å²) in [7, 11) is 2.49. The van der Waals surface area contributed by atoms with Gasteiger partial charge in [-0.25, -0.2) is 23.1 Å². The fourth-order valence-electron chi connectivity index (χ4n) is 5.95. The fraction of sp³-hybridized carbons (Fsp3) is 0.452. The SMILES string of the molecule is C=C/C(=C\N(C)C)c1cccc(-c2ncc(/C(C=NC)=C/CC)c(NC34CCC(NS(C)(=O)=O)(CC3)CC4)n2)c1. The van der Waals surface area contributed by atoms with E-state index >= 15 is 0 Å². The summed E-state index contributed by atoms with van der Waals surface area (Å²) >= 11 is 0. The molecule has 0 radical (unpaired) electrons. The van der Waals surface area contributed by atoms with Gasteiger partial charge >= 0.3 is 0 Å². The van der Waals surface area contributed by atoms with Crippen molar-refractivity contribution in [1.29, 1.82) is 0 Å². The second-order valence-corrected chi connectivity index (χ2v) is 13.1. The van der Waals surface area contributed by atoms with E-state index in [1.807, 2.05) is 55.8 Å². The lowest BCUT2D eigenvalue weighted by atomic mass is 9.62. The average Bonchev–Trinajstić information content (AvgIpc) is 2.91. The summed E-state index contributed by atoms with van der Waals surface area (Å²) in [5.41, 5.74) is 4.40. The molecule has 8 nitrogen and oxygen atoms in total. The molecule has 0 amide bonds. The molecule has 0 atom stereocenters. The van der Waals surface area contributed by atoms with E-state index in [9.17, 15) is 8.42 Å². The Morgan fingerprint density at radius 2 is 1.80 bits per heavy atom. The van der Waals surface area contributed by atoms with Crippen molar-refractivity contribution in [2.24, 2.45) is 4.99 Å². The van der Waals surface area contributed by atoms with Crippen LogP contribution in [0.15, 0.2) is 60.4 Å². The van der Waals surface area contributed by atoms with Crippen molar-refractivity contribution in [1.82, 2.24) is 19.6 Å². The van der Waals surface area contributed by atoms with Crippen molar-refractivity contribution in [3.63, 3.8) is 0 Å². The highest BCUT2D eigenvalue weighted by Gasteiger charge is 2.50. The van der Waals surface area contributed by atoms with Gasteiger partial charge in [0.15, 0.2) is 5.82 Å². The van der Waals surface area contributed by atoms with Crippen molar-refractivity contribution < 1.29 is 8.42 Å². The Morgan fingerprint density at radius 3 is 2.38 bits per heavy atom. The Labute approximate surface area is 239 Å². The molecule has 2 aromatic rings. The first-order valence-electron chi connectivity index (χ1n) is 13.9. The number of hydrogen-bond donors (Lipinski definition) is 2. The van der Waals surface area contributed by atoms with E-state index in [1.54, 1.807) is 7.05 Å². The lowest BCUT2D eigenvalue weighted by molar-refractivity contribution is 0.113. The number of anilines is 1. The third-order valence-corrected chi connectivity index (χ3v) is 8.70. The maximum absolute atomic E-state index is 12.0. The first-order valence-corrected chi connectivity index (χ1v) is 15.8. The van der Waals surface area contributed by atoms with Crippen LogP contribution in [0, 0.1) is 0 Å². The number of hydrogen-bond acceptors (Lipinski definition) is 7. The number of rotatable bonds is 11. The van der Waals surface area contributed by atoms with Gasteiger partial charge < -0.3 is 10.2 Å². The van der Waals surface area contributed by atoms with E-state index in [1.165, 1.54) is 6.26 Å². The van der Waals surface area contributed by atoms with Crippen LogP contribution in [0.4, 0.5) is 5.82 Å². The van der Waals surface area contributed by atoms with E-state index in [4.69, 9.17) is 9.97 Å². The largest absolute Gasteiger partial charge is 0.383 e. The predicted octanol–water partition coefficient (Wildman–Crippen LogP) is 5.53. The van der Waals surface area contributed by atoms with Gasteiger partial charge in [0.25, 0.3) is 0 Å². The molecule has 3 aliphatic carbocycles. The highest BCUT2D eigenvalue weighted by atomic mass is 32.2. The van der Waals surface area contributed by atoms with Gasteiger partial charge in [-0.2, -0.15) is 0 Å². The molecule has 2 bridgehead atoms. The number of benzene rings is 1. The van der Waals surface area contributed by atoms with Crippen molar-refractivity contribution in [2.75, 3.05) is 32.7 Å². The minimum Gasteiger partial charge on any atom is -0.383 e. The van der Waals surface area contributed by atoms with E-state index in [-0.39, 0.29) is 11.1 Å². The molecule has 1 heterocycles. The third-order valence-electron chi connectivity index (χ3n) is 7.90. The van der Waals surface area contributed by atoms with Crippen LogP contribution < -0.4 is 10.0 Å². The first-order chi connectivity index (χ1) is 19.0. The predicted molar refractivity (Wildman–Crippen MR) is 167 cm³/mol. The molecule has 1 aromatic heterocycles. The zero-order valence-electron chi connectivity index (χ0n) is 24.4. The molecule has 1 aromatic carbocycles. The van der Waals surface area contributed by atoms with Crippen LogP contribution in [0.2, 0.25) is 0 Å². The van der Waals surface area contributed by atoms with E-state index < -0.39 is 10.0 Å². The Balaban J connectivity index is 1.73. The Morgan fingerprint density at radius 1 is 1.12 bits per heavy atom. The van der Waals surface area contributed by atoms with Crippen LogP contribution in [0.5, 0.6) is 0 Å². The molecule has 5 rings (SSSR count). The topological polar surface area (TPSA) is 99.6 Å². The molecule has 0 saturated heterocycles. The third kappa shape index (κ3) is 6.88. The number of allylic oxidation sites excluding steroid dienone is 4. The molecule has 0 unspecified atom stereocenters. The number of nitrogens with one attached hydrogen (secondary N) is 2. The summed E-state index contributed by atoms with van der Waals surface area (Å²) in [4.78, 5) is 16.2. The van der Waals surface area contributed by atoms with E-state index in [0.717, 1.165) is 78.6 Å². The molecule has 3 fully saturated rings. The van der Waals surface area contributed by atoms with Gasteiger partial charge in [0, 0.05) is 67.5 Å². The van der Waals surface area contributed by atoms with E-state index in [2.05, 4.69) is 46.7 Å². The monoisotopic (exact) mass is 562 g/mol. The van der Waals surface area contributed by atoms with E-state index in [0.29, 0.717) is 5.82 Å². The molecule has 3 saturated carbocycles. The summed E-state index contributed by atoms with van der Waals surface area (Å²) in [6.07, 6.45) is 16.9. The molecule has 9 heteroatoms. The molecule has 2 N–H and O–H groups in total. The van der Waals surface area contributed by atoms with Crippen LogP contribution in [0.3, 0.4) is 0 Å². The van der Waals surface area contributed by atoms with Crippen LogP contribution in [-0.2, 0) is 10.0 Å². The standard InChI is InChI=1S/C31H42N6O2S/c1-7-10-26(20-32-3)27-21-33-28(25-12-9-11-24(19-25)23(8-2)22-37(4)5)34-29(27)35-30-13-16-31(17-14-30,18-15-30)36-40(6,38)39/h8-12,19-22,36H,2,7,13-18H2,1,3-6H3,(H,33,34,35)/b23-22+,26-10+,32-20?. The molecular formula is C31H42N6O2S. The lowest BCUT2D eigenvalue weighted by Crippen LogP contribution is -2.60. The Bertz CT molecular complexity index is 1420. The maximum atomic E-state index is 12.0. The molecule has 214 valence electrons. The summed E-state index contributed by atoms with van der Waals surface area (Å²) in [6, 6.07) is 8.20. The second kappa shape index (κ2) is 12.1. The summed E-state index contributed by atoms with van der Waals surface area (Å²) in [5.74, 6) is 1.43. The maximum Gasteiger partial charge on any atom is 0.209 e. The second-order valence-electron chi connectivity index (χ2n) is 11.3. The average molecular weight is 563 g/mol. The van der Waals surface area contributed by atoms with Crippen LogP contribution in [-0.4, -0.2) is 68.0 Å². The fourth-order valence-corrected chi connectivity index (χ4v) is 7.04. The van der Waals surface area contributed by atoms with Crippen molar-refractivity contribution in [3.8, 4) is 11.4 Å². The van der Waals surface area contributed by atoms with Gasteiger partial charge in [0.05, 0.1) is 6.26 Å². The quantitative estimate of drug-likeness (QED) is 0.276. The zero-order valence-corrected chi connectivity index (χ0v) is 25.2. The van der Waals surface area contributed by atoms with Crippen molar-refractivity contribution in [2.45, 2.75) is 62.9 Å². The van der Waals surface area contributed by atoms with Crippen molar-refractivity contribution >= 4 is 33.2 Å². The van der Waals surface area contributed by atoms with Crippen LogP contribution in [0.25, 0.3) is 22.5 Å². The normalized spacial score (nSPS) is 23.4. The van der Waals surface area contributed by atoms with Crippen LogP contribution in [0.1, 0.15) is 63.0 Å². The highest BCUT2D eigenvalue weighted by molar-refractivity contribution is 7.88. The number of nitrogens with zero attached hydrogens (tertiary/aromatic N) is 4. The molecule has 40 heavy (non-hydrogen) atoms. The summed E-state index contributed by atoms with van der Waals surface area (Å²) in [5, 5.41) is 3.85. The summed E-state index contributed by atoms with van der Waals surface area (Å²) < 4.78 is 27.0. The molecule has 3 aliphatic rings. The number of sulfonamides is 1. The molecular weight excluding hydrogens is 520 g/mol. The zero-order chi connectivity index (χ0) is 29.0. The molecule has 0 aliphatic heterocycles. The van der Waals surface area contributed by atoms with Gasteiger partial charge in [0.2, 0.25) is 10.0 Å². The lowest BCUT2D eigenvalue weighted by Gasteiger charge is -2.53. The highest BCUT2D eigenvalue weighted by Crippen LogP contribution is 2.49. The first kappa shape index (κ1) is 29.7. The number of fused-ring (bicyclic) bond motifs is 3. The van der Waals surface area contributed by atoms with Gasteiger partial charge in [0.1, 0.15) is 5.82 Å². The number of aromatic nitrogens is 2. The smallest absolute Gasteiger partial charge is 0.209 e. The van der Waals surface area contributed by atoms with Gasteiger partial charge in [-0.1, -0.05) is 43.9 Å². The van der Waals surface area contributed by atoms with Gasteiger partial charge in [-0.15, -0.1) is 0 Å². The number of aliphatic imine (C=N–C) groups is 1. The van der Waals surface area contributed by atoms with Crippen molar-refractivity contribution in [3.05, 3.63) is 66.5 Å². The Hall–Kier alpha value is -3.30. The van der Waals surface area contributed by atoms with Crippen LogP contribution >= 0.6 is 0 Å².